The zero-order chi connectivity index (χ0) is 20.0. The zero-order valence-corrected chi connectivity index (χ0v) is 16.4. The Kier molecular flexibility index (Phi) is 5.02. The lowest BCUT2D eigenvalue weighted by molar-refractivity contribution is -0.385. The Labute approximate surface area is 161 Å². The number of rotatable bonds is 4. The largest absolute Gasteiger partial charge is 0.272 e. The van der Waals surface area contributed by atoms with Crippen molar-refractivity contribution < 1.29 is 21.8 Å². The van der Waals surface area contributed by atoms with Gasteiger partial charge in [0, 0.05) is 22.7 Å². The van der Waals surface area contributed by atoms with Gasteiger partial charge in [0.15, 0.2) is 9.84 Å². The van der Waals surface area contributed by atoms with Gasteiger partial charge in [-0.15, -0.1) is 0 Å². The molecule has 0 aromatic heterocycles. The van der Waals surface area contributed by atoms with E-state index in [1.54, 1.807) is 0 Å². The maximum Gasteiger partial charge on any atom is 0.272 e. The number of sulfonamides is 1. The molecule has 0 radical (unpaired) electrons. The van der Waals surface area contributed by atoms with E-state index in [1.165, 1.54) is 31.2 Å². The molecule has 1 aliphatic rings. The number of nitro benzene ring substituents is 1. The molecule has 0 saturated heterocycles. The normalized spacial score (nSPS) is 18.7. The molecule has 0 aliphatic carbocycles. The third-order valence-electron chi connectivity index (χ3n) is 4.33. The van der Waals surface area contributed by atoms with Gasteiger partial charge in [0.2, 0.25) is 10.0 Å². The lowest BCUT2D eigenvalue weighted by Gasteiger charge is -2.26. The SMILES string of the molecule is Cc1cc(S(=O)(=O)N[C@H]2CCS(=O)(=O)c3ccc(Cl)cc32)ccc1[N+](=O)[O-]. The van der Waals surface area contributed by atoms with Crippen LogP contribution in [0.4, 0.5) is 5.69 Å². The number of nitrogens with zero attached hydrogens (tertiary/aromatic N) is 1. The van der Waals surface area contributed by atoms with Gasteiger partial charge in [-0.3, -0.25) is 10.1 Å². The molecule has 2 aromatic carbocycles. The molecule has 1 heterocycles. The van der Waals surface area contributed by atoms with Crippen molar-refractivity contribution in [1.82, 2.24) is 4.72 Å². The van der Waals surface area contributed by atoms with Crippen molar-refractivity contribution in [3.8, 4) is 0 Å². The van der Waals surface area contributed by atoms with Gasteiger partial charge in [-0.25, -0.2) is 21.6 Å². The second-order valence-electron chi connectivity index (χ2n) is 6.17. The van der Waals surface area contributed by atoms with Crippen LogP contribution in [0.25, 0.3) is 0 Å². The minimum atomic E-state index is -4.03. The van der Waals surface area contributed by atoms with Crippen LogP contribution in [0.3, 0.4) is 0 Å². The molecule has 1 atom stereocenters. The predicted molar refractivity (Wildman–Crippen MR) is 99.0 cm³/mol. The number of hydrogen-bond donors (Lipinski definition) is 1. The number of fused-ring (bicyclic) bond motifs is 1. The second-order valence-corrected chi connectivity index (χ2v) is 10.4. The van der Waals surface area contributed by atoms with E-state index in [0.29, 0.717) is 5.02 Å². The van der Waals surface area contributed by atoms with Crippen LogP contribution in [0.1, 0.15) is 23.6 Å². The van der Waals surface area contributed by atoms with Gasteiger partial charge in [-0.1, -0.05) is 11.6 Å². The summed E-state index contributed by atoms with van der Waals surface area (Å²) in [7, 11) is -7.53. The second kappa shape index (κ2) is 6.86. The summed E-state index contributed by atoms with van der Waals surface area (Å²) in [6.07, 6.45) is 0.0564. The summed E-state index contributed by atoms with van der Waals surface area (Å²) in [6.45, 7) is 1.44. The highest BCUT2D eigenvalue weighted by molar-refractivity contribution is 7.91. The number of nitrogens with one attached hydrogen (secondary N) is 1. The zero-order valence-electron chi connectivity index (χ0n) is 14.0. The van der Waals surface area contributed by atoms with Crippen molar-refractivity contribution in [2.75, 3.05) is 5.75 Å². The Balaban J connectivity index is 1.99. The van der Waals surface area contributed by atoms with Crippen LogP contribution in [0.2, 0.25) is 5.02 Å². The van der Waals surface area contributed by atoms with Crippen LogP contribution in [0.5, 0.6) is 0 Å². The maximum atomic E-state index is 12.7. The monoisotopic (exact) mass is 430 g/mol. The van der Waals surface area contributed by atoms with Crippen molar-refractivity contribution in [2.45, 2.75) is 29.2 Å². The smallest absolute Gasteiger partial charge is 0.258 e. The van der Waals surface area contributed by atoms with E-state index < -0.39 is 30.8 Å². The predicted octanol–water partition coefficient (Wildman–Crippen LogP) is 2.75. The Morgan fingerprint density at radius 2 is 1.93 bits per heavy atom. The first-order valence-corrected chi connectivity index (χ1v) is 11.3. The summed E-state index contributed by atoms with van der Waals surface area (Å²) >= 11 is 5.96. The quantitative estimate of drug-likeness (QED) is 0.587. The van der Waals surface area contributed by atoms with Crippen LogP contribution < -0.4 is 4.72 Å². The number of nitro groups is 1. The van der Waals surface area contributed by atoms with Crippen molar-refractivity contribution >= 4 is 37.1 Å². The number of sulfone groups is 1. The number of halogens is 1. The van der Waals surface area contributed by atoms with Crippen molar-refractivity contribution in [1.29, 1.82) is 0 Å². The summed E-state index contributed by atoms with van der Waals surface area (Å²) in [5.41, 5.74) is 0.309. The third kappa shape index (κ3) is 3.84. The molecule has 0 spiro atoms. The van der Waals surface area contributed by atoms with Crippen molar-refractivity contribution in [3.63, 3.8) is 0 Å². The molecule has 27 heavy (non-hydrogen) atoms. The molecular formula is C16H15ClN2O6S2. The van der Waals surface area contributed by atoms with Crippen LogP contribution in [0.15, 0.2) is 46.2 Å². The molecule has 11 heteroatoms. The Hall–Kier alpha value is -2.01. The minimum Gasteiger partial charge on any atom is -0.258 e. The molecular weight excluding hydrogens is 416 g/mol. The van der Waals surface area contributed by atoms with E-state index in [2.05, 4.69) is 4.72 Å². The highest BCUT2D eigenvalue weighted by atomic mass is 35.5. The van der Waals surface area contributed by atoms with Gasteiger partial charge < -0.3 is 0 Å². The summed E-state index contributed by atoms with van der Waals surface area (Å²) in [5.74, 6) is -0.200. The fourth-order valence-corrected chi connectivity index (χ4v) is 6.11. The fraction of sp³-hybridized carbons (Fsp3) is 0.250. The molecule has 0 fully saturated rings. The fourth-order valence-electron chi connectivity index (χ4n) is 2.99. The number of aryl methyl sites for hydroxylation is 1. The standard InChI is InChI=1S/C16H15ClN2O6S2/c1-10-8-12(3-4-15(10)19(20)21)27(24,25)18-14-6-7-26(22,23)16-5-2-11(17)9-13(14)16/h2-5,8-9,14,18H,6-7H2,1H3/t14-/m0/s1. The van der Waals surface area contributed by atoms with Crippen LogP contribution in [-0.2, 0) is 19.9 Å². The first-order chi connectivity index (χ1) is 12.5. The highest BCUT2D eigenvalue weighted by Crippen LogP contribution is 2.35. The van der Waals surface area contributed by atoms with Crippen LogP contribution in [0, 0.1) is 17.0 Å². The molecule has 0 amide bonds. The summed E-state index contributed by atoms with van der Waals surface area (Å²) in [5, 5.41) is 11.2. The van der Waals surface area contributed by atoms with E-state index in [1.807, 2.05) is 0 Å². The molecule has 0 unspecified atom stereocenters. The first kappa shape index (κ1) is 19.7. The van der Waals surface area contributed by atoms with Gasteiger partial charge in [-0.05, 0) is 49.2 Å². The molecule has 2 aromatic rings. The lowest BCUT2D eigenvalue weighted by atomic mass is 10.1. The summed E-state index contributed by atoms with van der Waals surface area (Å²) in [4.78, 5) is 10.2. The topological polar surface area (TPSA) is 123 Å². The van der Waals surface area contributed by atoms with Crippen molar-refractivity contribution in [3.05, 3.63) is 62.7 Å². The van der Waals surface area contributed by atoms with Crippen LogP contribution >= 0.6 is 11.6 Å². The Morgan fingerprint density at radius 1 is 1.22 bits per heavy atom. The van der Waals surface area contributed by atoms with E-state index in [0.717, 1.165) is 12.1 Å². The molecule has 144 valence electrons. The average Bonchev–Trinajstić information content (AvgIpc) is 2.57. The molecule has 3 rings (SSSR count). The number of benzene rings is 2. The Bertz CT molecular complexity index is 1150. The van der Waals surface area contributed by atoms with Crippen molar-refractivity contribution in [2.24, 2.45) is 0 Å². The number of hydrogen-bond acceptors (Lipinski definition) is 6. The van der Waals surface area contributed by atoms with Gasteiger partial charge in [0.05, 0.1) is 20.5 Å². The lowest BCUT2D eigenvalue weighted by Crippen LogP contribution is -2.34. The Morgan fingerprint density at radius 3 is 2.56 bits per heavy atom. The summed E-state index contributed by atoms with van der Waals surface area (Å²) in [6, 6.07) is 6.94. The molecule has 0 saturated carbocycles. The highest BCUT2D eigenvalue weighted by Gasteiger charge is 2.33. The maximum absolute atomic E-state index is 12.7. The molecule has 0 bridgehead atoms. The molecule has 8 nitrogen and oxygen atoms in total. The van der Waals surface area contributed by atoms with E-state index in [4.69, 9.17) is 11.6 Å². The third-order valence-corrected chi connectivity index (χ3v) is 7.85. The van der Waals surface area contributed by atoms with E-state index in [9.17, 15) is 26.9 Å². The van der Waals surface area contributed by atoms with Crippen LogP contribution in [-0.4, -0.2) is 27.5 Å². The minimum absolute atomic E-state index is 0.0470. The first-order valence-electron chi connectivity index (χ1n) is 7.81. The van der Waals surface area contributed by atoms with E-state index >= 15 is 0 Å². The van der Waals surface area contributed by atoms with Gasteiger partial charge in [-0.2, -0.15) is 0 Å². The summed E-state index contributed by atoms with van der Waals surface area (Å²) < 4.78 is 52.4. The van der Waals surface area contributed by atoms with E-state index in [-0.39, 0.29) is 38.8 Å². The average molecular weight is 431 g/mol. The molecule has 1 N–H and O–H groups in total. The van der Waals surface area contributed by atoms with Gasteiger partial charge >= 0.3 is 0 Å². The van der Waals surface area contributed by atoms with Gasteiger partial charge in [0.1, 0.15) is 0 Å². The molecule has 1 aliphatic heterocycles. The van der Waals surface area contributed by atoms with Gasteiger partial charge in [0.25, 0.3) is 5.69 Å².